The van der Waals surface area contributed by atoms with Gasteiger partial charge in [-0.15, -0.1) is 0 Å². The molecule has 0 bridgehead atoms. The molecule has 0 unspecified atom stereocenters. The summed E-state index contributed by atoms with van der Waals surface area (Å²) in [5.74, 6) is -1.07. The molecule has 0 aliphatic carbocycles. The van der Waals surface area contributed by atoms with Crippen molar-refractivity contribution in [1.82, 2.24) is 4.98 Å². The third-order valence-corrected chi connectivity index (χ3v) is 3.08. The van der Waals surface area contributed by atoms with Crippen molar-refractivity contribution in [2.75, 3.05) is 5.32 Å². The summed E-state index contributed by atoms with van der Waals surface area (Å²) in [5.41, 5.74) is 0.276. The Morgan fingerprint density at radius 2 is 1.89 bits per heavy atom. The van der Waals surface area contributed by atoms with Gasteiger partial charge >= 0.3 is 0 Å². The van der Waals surface area contributed by atoms with Crippen molar-refractivity contribution in [2.24, 2.45) is 0 Å². The lowest BCUT2D eigenvalue weighted by Crippen LogP contribution is -2.13. The molecule has 0 atom stereocenters. The lowest BCUT2D eigenvalue weighted by Gasteiger charge is -2.08. The van der Waals surface area contributed by atoms with Crippen LogP contribution in [0.5, 0.6) is 0 Å². The number of carbonyl (C=O) groups is 1. The number of hydrogen-bond donors (Lipinski definition) is 1. The van der Waals surface area contributed by atoms with E-state index in [9.17, 15) is 9.18 Å². The molecule has 19 heavy (non-hydrogen) atoms. The molecule has 0 aliphatic heterocycles. The number of amides is 1. The lowest BCUT2D eigenvalue weighted by atomic mass is 10.2. The molecular weight excluding hydrogens is 314 g/mol. The van der Waals surface area contributed by atoms with Gasteiger partial charge in [0.1, 0.15) is 11.0 Å². The monoisotopic (exact) mass is 318 g/mol. The Bertz CT molecular complexity index is 649. The van der Waals surface area contributed by atoms with E-state index in [2.05, 4.69) is 10.3 Å². The third kappa shape index (κ3) is 3.35. The molecule has 1 aromatic heterocycles. The van der Waals surface area contributed by atoms with Crippen molar-refractivity contribution in [1.29, 1.82) is 0 Å². The molecule has 1 amide bonds. The average molecular weight is 320 g/mol. The molecule has 0 radical (unpaired) electrons. The van der Waals surface area contributed by atoms with Crippen LogP contribution in [-0.2, 0) is 0 Å². The number of aromatic nitrogens is 1. The van der Waals surface area contributed by atoms with Crippen LogP contribution in [0.2, 0.25) is 15.2 Å². The Balaban J connectivity index is 2.30. The Morgan fingerprint density at radius 1 is 1.16 bits per heavy atom. The van der Waals surface area contributed by atoms with Gasteiger partial charge in [-0.1, -0.05) is 34.8 Å². The van der Waals surface area contributed by atoms with Gasteiger partial charge in [0.25, 0.3) is 5.91 Å². The van der Waals surface area contributed by atoms with E-state index in [-0.39, 0.29) is 26.4 Å². The SMILES string of the molecule is O=C(Nc1cc(F)ccc1Cl)c1cc(Cl)ncc1Cl. The van der Waals surface area contributed by atoms with Crippen molar-refractivity contribution in [3.8, 4) is 0 Å². The van der Waals surface area contributed by atoms with Crippen molar-refractivity contribution in [3.63, 3.8) is 0 Å². The van der Waals surface area contributed by atoms with Gasteiger partial charge in [0, 0.05) is 6.20 Å². The molecule has 0 spiro atoms. The zero-order valence-electron chi connectivity index (χ0n) is 9.25. The maximum atomic E-state index is 13.1. The van der Waals surface area contributed by atoms with Crippen LogP contribution in [0.4, 0.5) is 10.1 Å². The number of nitrogens with zero attached hydrogens (tertiary/aromatic N) is 1. The van der Waals surface area contributed by atoms with Crippen molar-refractivity contribution in [2.45, 2.75) is 0 Å². The van der Waals surface area contributed by atoms with Crippen molar-refractivity contribution < 1.29 is 9.18 Å². The van der Waals surface area contributed by atoms with Crippen LogP contribution >= 0.6 is 34.8 Å². The van der Waals surface area contributed by atoms with E-state index in [1.807, 2.05) is 0 Å². The Labute approximate surface area is 123 Å². The molecule has 3 nitrogen and oxygen atoms in total. The summed E-state index contributed by atoms with van der Waals surface area (Å²) < 4.78 is 13.1. The first-order valence-corrected chi connectivity index (χ1v) is 6.18. The average Bonchev–Trinajstić information content (AvgIpc) is 2.36. The Kier molecular flexibility index (Phi) is 4.24. The second-order valence-corrected chi connectivity index (χ2v) is 4.77. The largest absolute Gasteiger partial charge is 0.320 e. The third-order valence-electron chi connectivity index (χ3n) is 2.24. The minimum Gasteiger partial charge on any atom is -0.320 e. The molecule has 98 valence electrons. The van der Waals surface area contributed by atoms with Crippen LogP contribution in [0.15, 0.2) is 30.5 Å². The van der Waals surface area contributed by atoms with Crippen LogP contribution < -0.4 is 5.32 Å². The first-order valence-electron chi connectivity index (χ1n) is 5.05. The zero-order chi connectivity index (χ0) is 14.0. The van der Waals surface area contributed by atoms with Gasteiger partial charge < -0.3 is 5.32 Å². The van der Waals surface area contributed by atoms with Crippen molar-refractivity contribution >= 4 is 46.4 Å². The van der Waals surface area contributed by atoms with E-state index in [4.69, 9.17) is 34.8 Å². The molecule has 2 rings (SSSR count). The van der Waals surface area contributed by atoms with Gasteiger partial charge in [-0.25, -0.2) is 9.37 Å². The normalized spacial score (nSPS) is 10.3. The molecule has 1 aromatic carbocycles. The quantitative estimate of drug-likeness (QED) is 0.832. The van der Waals surface area contributed by atoms with Gasteiger partial charge in [0.2, 0.25) is 0 Å². The molecule has 7 heteroatoms. The lowest BCUT2D eigenvalue weighted by molar-refractivity contribution is 0.102. The van der Waals surface area contributed by atoms with E-state index in [1.165, 1.54) is 24.4 Å². The highest BCUT2D eigenvalue weighted by Crippen LogP contribution is 2.25. The van der Waals surface area contributed by atoms with E-state index >= 15 is 0 Å². The molecule has 1 N–H and O–H groups in total. The fraction of sp³-hybridized carbons (Fsp3) is 0. The highest BCUT2D eigenvalue weighted by atomic mass is 35.5. The highest BCUT2D eigenvalue weighted by Gasteiger charge is 2.13. The maximum Gasteiger partial charge on any atom is 0.257 e. The highest BCUT2D eigenvalue weighted by molar-refractivity contribution is 6.36. The second-order valence-electron chi connectivity index (χ2n) is 3.57. The standard InChI is InChI=1S/C12H6Cl3FN2O/c13-8-2-1-6(16)3-10(8)18-12(19)7-4-11(15)17-5-9(7)14/h1-5H,(H,18,19). The van der Waals surface area contributed by atoms with Gasteiger partial charge in [-0.3, -0.25) is 4.79 Å². The number of carbonyl (C=O) groups excluding carboxylic acids is 1. The molecule has 2 aromatic rings. The van der Waals surface area contributed by atoms with E-state index in [1.54, 1.807) is 0 Å². The first-order chi connectivity index (χ1) is 8.97. The fourth-order valence-corrected chi connectivity index (χ4v) is 1.88. The summed E-state index contributed by atoms with van der Waals surface area (Å²) >= 11 is 17.4. The summed E-state index contributed by atoms with van der Waals surface area (Å²) in [5, 5.41) is 2.93. The number of anilines is 1. The summed E-state index contributed by atoms with van der Waals surface area (Å²) in [6.07, 6.45) is 1.26. The van der Waals surface area contributed by atoms with Crippen LogP contribution in [0.25, 0.3) is 0 Å². The summed E-state index contributed by atoms with van der Waals surface area (Å²) in [7, 11) is 0. The Morgan fingerprint density at radius 3 is 2.63 bits per heavy atom. The second kappa shape index (κ2) is 5.74. The van der Waals surface area contributed by atoms with Crippen LogP contribution in [0.1, 0.15) is 10.4 Å². The Hall–Kier alpha value is -1.36. The smallest absolute Gasteiger partial charge is 0.257 e. The topological polar surface area (TPSA) is 42.0 Å². The number of rotatable bonds is 2. The van der Waals surface area contributed by atoms with E-state index in [0.717, 1.165) is 6.07 Å². The van der Waals surface area contributed by atoms with E-state index in [0.29, 0.717) is 0 Å². The van der Waals surface area contributed by atoms with Gasteiger partial charge in [-0.05, 0) is 24.3 Å². The first kappa shape index (κ1) is 14.1. The van der Waals surface area contributed by atoms with E-state index < -0.39 is 11.7 Å². The molecular formula is C12H6Cl3FN2O. The summed E-state index contributed by atoms with van der Waals surface area (Å²) in [6.45, 7) is 0. The number of nitrogens with one attached hydrogen (secondary N) is 1. The zero-order valence-corrected chi connectivity index (χ0v) is 11.5. The minimum atomic E-state index is -0.554. The van der Waals surface area contributed by atoms with Gasteiger partial charge in [-0.2, -0.15) is 0 Å². The molecule has 0 saturated carbocycles. The predicted molar refractivity (Wildman–Crippen MR) is 73.6 cm³/mol. The molecule has 0 aliphatic rings. The van der Waals surface area contributed by atoms with Crippen molar-refractivity contribution in [3.05, 3.63) is 57.0 Å². The van der Waals surface area contributed by atoms with Crippen LogP contribution in [-0.4, -0.2) is 10.9 Å². The predicted octanol–water partition coefficient (Wildman–Crippen LogP) is 4.43. The van der Waals surface area contributed by atoms with Crippen LogP contribution in [0, 0.1) is 5.82 Å². The van der Waals surface area contributed by atoms with Gasteiger partial charge in [0.05, 0.1) is 21.3 Å². The molecule has 0 saturated heterocycles. The molecule has 1 heterocycles. The number of pyridine rings is 1. The summed E-state index contributed by atoms with van der Waals surface area (Å²) in [4.78, 5) is 15.7. The van der Waals surface area contributed by atoms with Crippen LogP contribution in [0.3, 0.4) is 0 Å². The maximum absolute atomic E-state index is 13.1. The fourth-order valence-electron chi connectivity index (χ4n) is 1.37. The number of halogens is 4. The minimum absolute atomic E-state index is 0.125. The molecule has 0 fully saturated rings. The number of hydrogen-bond acceptors (Lipinski definition) is 2. The number of benzene rings is 1. The van der Waals surface area contributed by atoms with Gasteiger partial charge in [0.15, 0.2) is 0 Å². The summed E-state index contributed by atoms with van der Waals surface area (Å²) in [6, 6.07) is 4.95.